The molecule has 0 aliphatic heterocycles. The molecule has 4 N–H and O–H groups in total. The molecular formula is C7H10N4O2. The van der Waals surface area contributed by atoms with Crippen LogP contribution in [0.5, 0.6) is 11.8 Å². The van der Waals surface area contributed by atoms with Crippen molar-refractivity contribution in [3.8, 4) is 11.8 Å². The minimum Gasteiger partial charge on any atom is -0.492 e. The van der Waals surface area contributed by atoms with Crippen molar-refractivity contribution < 1.29 is 9.84 Å². The van der Waals surface area contributed by atoms with Gasteiger partial charge in [-0.15, -0.1) is 0 Å². The van der Waals surface area contributed by atoms with Gasteiger partial charge >= 0.3 is 0 Å². The maximum absolute atomic E-state index is 9.04. The lowest BCUT2D eigenvalue weighted by molar-refractivity contribution is 0.326. The second kappa shape index (κ2) is 2.58. The molecule has 13 heavy (non-hydrogen) atoms. The quantitative estimate of drug-likeness (QED) is 0.625. The van der Waals surface area contributed by atoms with Crippen LogP contribution in [0.3, 0.4) is 0 Å². The molecule has 6 heteroatoms. The standard InChI is InChI=1S/C7H10N4O2/c1-2-13-7-5(8)6-9-4(12)3-11(6)10-7/h3,10,12H,2,8H2,1H3. The molecule has 2 heterocycles. The van der Waals surface area contributed by atoms with Crippen molar-refractivity contribution in [2.45, 2.75) is 6.92 Å². The fourth-order valence-corrected chi connectivity index (χ4v) is 1.17. The molecule has 0 radical (unpaired) electrons. The van der Waals surface area contributed by atoms with Crippen LogP contribution in [-0.4, -0.2) is 26.3 Å². The number of aromatic nitrogens is 3. The van der Waals surface area contributed by atoms with E-state index in [2.05, 4.69) is 10.1 Å². The second-order valence-electron chi connectivity index (χ2n) is 2.58. The third-order valence-corrected chi connectivity index (χ3v) is 1.69. The van der Waals surface area contributed by atoms with Gasteiger partial charge in [-0.2, -0.15) is 4.98 Å². The minimum absolute atomic E-state index is 0.0685. The Bertz CT molecular complexity index is 431. The molecule has 2 aromatic heterocycles. The molecule has 0 saturated carbocycles. The molecule has 0 saturated heterocycles. The predicted octanol–water partition coefficient (Wildman–Crippen LogP) is 0.349. The lowest BCUT2D eigenvalue weighted by atomic mass is 10.5. The van der Waals surface area contributed by atoms with Crippen molar-refractivity contribution in [2.24, 2.45) is 0 Å². The Labute approximate surface area is 73.9 Å². The van der Waals surface area contributed by atoms with Gasteiger partial charge in [0.2, 0.25) is 11.8 Å². The number of H-pyrrole nitrogens is 1. The van der Waals surface area contributed by atoms with E-state index in [-0.39, 0.29) is 5.88 Å². The average molecular weight is 182 g/mol. The highest BCUT2D eigenvalue weighted by atomic mass is 16.5. The monoisotopic (exact) mass is 182 g/mol. The molecule has 2 aromatic rings. The topological polar surface area (TPSA) is 88.6 Å². The molecule has 0 unspecified atom stereocenters. The zero-order valence-electron chi connectivity index (χ0n) is 7.11. The van der Waals surface area contributed by atoms with Crippen LogP contribution in [0.2, 0.25) is 0 Å². The first-order valence-electron chi connectivity index (χ1n) is 3.90. The van der Waals surface area contributed by atoms with Crippen molar-refractivity contribution in [3.05, 3.63) is 6.20 Å². The fraction of sp³-hybridized carbons (Fsp3) is 0.286. The van der Waals surface area contributed by atoms with Gasteiger partial charge in [0.15, 0.2) is 5.65 Å². The molecule has 70 valence electrons. The van der Waals surface area contributed by atoms with Gasteiger partial charge < -0.3 is 15.6 Å². The lowest BCUT2D eigenvalue weighted by Gasteiger charge is -1.98. The SMILES string of the molecule is CCOc1[nH]n2cc(O)nc2c1N. The van der Waals surface area contributed by atoms with Crippen LogP contribution in [0.4, 0.5) is 5.69 Å². The number of nitrogens with one attached hydrogen (secondary N) is 1. The maximum atomic E-state index is 9.04. The molecular weight excluding hydrogens is 172 g/mol. The summed E-state index contributed by atoms with van der Waals surface area (Å²) in [7, 11) is 0. The van der Waals surface area contributed by atoms with E-state index >= 15 is 0 Å². The number of ether oxygens (including phenoxy) is 1. The summed E-state index contributed by atoms with van der Waals surface area (Å²) >= 11 is 0. The van der Waals surface area contributed by atoms with Gasteiger partial charge in [-0.3, -0.25) is 5.10 Å². The van der Waals surface area contributed by atoms with Crippen molar-refractivity contribution in [3.63, 3.8) is 0 Å². The summed E-state index contributed by atoms with van der Waals surface area (Å²) in [5.74, 6) is 0.408. The molecule has 0 atom stereocenters. The Hall–Kier alpha value is -1.85. The third-order valence-electron chi connectivity index (χ3n) is 1.69. The average Bonchev–Trinajstić information content (AvgIpc) is 2.54. The maximum Gasteiger partial charge on any atom is 0.234 e. The summed E-state index contributed by atoms with van der Waals surface area (Å²) < 4.78 is 6.71. The van der Waals surface area contributed by atoms with Crippen LogP contribution in [0.15, 0.2) is 6.20 Å². The molecule has 0 amide bonds. The normalized spacial score (nSPS) is 10.8. The number of aromatic hydroxyl groups is 1. The van der Waals surface area contributed by atoms with Crippen LogP contribution in [-0.2, 0) is 0 Å². The molecule has 6 nitrogen and oxygen atoms in total. The number of nitrogen functional groups attached to an aromatic ring is 1. The van der Waals surface area contributed by atoms with Crippen LogP contribution in [0.25, 0.3) is 5.65 Å². The first kappa shape index (κ1) is 7.78. The number of nitrogens with two attached hydrogens (primary N) is 1. The fourth-order valence-electron chi connectivity index (χ4n) is 1.17. The van der Waals surface area contributed by atoms with E-state index in [1.807, 2.05) is 6.92 Å². The molecule has 0 aliphatic rings. The van der Waals surface area contributed by atoms with Crippen molar-refractivity contribution in [2.75, 3.05) is 12.3 Å². The van der Waals surface area contributed by atoms with E-state index in [0.717, 1.165) is 0 Å². The Balaban J connectivity index is 2.56. The summed E-state index contributed by atoms with van der Waals surface area (Å²) in [5.41, 5.74) is 6.57. The molecule has 0 bridgehead atoms. The molecule has 0 spiro atoms. The zero-order chi connectivity index (χ0) is 9.42. The van der Waals surface area contributed by atoms with E-state index in [1.54, 1.807) is 0 Å². The van der Waals surface area contributed by atoms with E-state index < -0.39 is 0 Å². The predicted molar refractivity (Wildman–Crippen MR) is 46.8 cm³/mol. The van der Waals surface area contributed by atoms with Gasteiger partial charge in [-0.25, -0.2) is 4.52 Å². The summed E-state index contributed by atoms with van der Waals surface area (Å²) in [6.07, 6.45) is 1.42. The van der Waals surface area contributed by atoms with Crippen LogP contribution in [0, 0.1) is 0 Å². The molecule has 2 rings (SSSR count). The highest BCUT2D eigenvalue weighted by molar-refractivity contribution is 5.71. The van der Waals surface area contributed by atoms with Crippen molar-refractivity contribution in [1.29, 1.82) is 0 Å². The number of rotatable bonds is 2. The highest BCUT2D eigenvalue weighted by Crippen LogP contribution is 2.25. The zero-order valence-corrected chi connectivity index (χ0v) is 7.11. The van der Waals surface area contributed by atoms with Gasteiger partial charge in [-0.05, 0) is 6.92 Å². The Morgan fingerprint density at radius 1 is 1.77 bits per heavy atom. The second-order valence-corrected chi connectivity index (χ2v) is 2.58. The number of anilines is 1. The number of aromatic amines is 1. The van der Waals surface area contributed by atoms with E-state index in [9.17, 15) is 0 Å². The number of hydrogen-bond donors (Lipinski definition) is 3. The minimum atomic E-state index is -0.0685. The van der Waals surface area contributed by atoms with Crippen molar-refractivity contribution in [1.82, 2.24) is 14.6 Å². The van der Waals surface area contributed by atoms with Crippen LogP contribution >= 0.6 is 0 Å². The number of fused-ring (bicyclic) bond motifs is 1. The lowest BCUT2D eigenvalue weighted by Crippen LogP contribution is -1.95. The van der Waals surface area contributed by atoms with E-state index in [4.69, 9.17) is 15.6 Å². The summed E-state index contributed by atoms with van der Waals surface area (Å²) in [4.78, 5) is 3.80. The Morgan fingerprint density at radius 3 is 3.15 bits per heavy atom. The molecule has 0 aliphatic carbocycles. The number of nitrogens with zero attached hydrogens (tertiary/aromatic N) is 2. The van der Waals surface area contributed by atoms with E-state index in [1.165, 1.54) is 10.7 Å². The molecule has 0 fully saturated rings. The van der Waals surface area contributed by atoms with Crippen molar-refractivity contribution >= 4 is 11.3 Å². The third kappa shape index (κ3) is 1.07. The summed E-state index contributed by atoms with van der Waals surface area (Å²) in [6, 6.07) is 0. The Morgan fingerprint density at radius 2 is 2.54 bits per heavy atom. The largest absolute Gasteiger partial charge is 0.492 e. The van der Waals surface area contributed by atoms with Crippen LogP contribution in [0.1, 0.15) is 6.92 Å². The van der Waals surface area contributed by atoms with Gasteiger partial charge in [0.1, 0.15) is 5.69 Å². The van der Waals surface area contributed by atoms with E-state index in [0.29, 0.717) is 23.8 Å². The first-order valence-corrected chi connectivity index (χ1v) is 3.90. The van der Waals surface area contributed by atoms with Gasteiger partial charge in [0.25, 0.3) is 0 Å². The van der Waals surface area contributed by atoms with Gasteiger partial charge in [-0.1, -0.05) is 0 Å². The number of imidazole rings is 1. The van der Waals surface area contributed by atoms with Crippen LogP contribution < -0.4 is 10.5 Å². The Kier molecular flexibility index (Phi) is 1.54. The van der Waals surface area contributed by atoms with Gasteiger partial charge in [0.05, 0.1) is 12.8 Å². The summed E-state index contributed by atoms with van der Waals surface area (Å²) in [5, 5.41) is 11.9. The smallest absolute Gasteiger partial charge is 0.234 e. The summed E-state index contributed by atoms with van der Waals surface area (Å²) in [6.45, 7) is 2.39. The number of hydrogen-bond acceptors (Lipinski definition) is 4. The molecule has 0 aromatic carbocycles. The highest BCUT2D eigenvalue weighted by Gasteiger charge is 2.11. The first-order chi connectivity index (χ1) is 6.22. The van der Waals surface area contributed by atoms with Gasteiger partial charge in [0, 0.05) is 0 Å².